The van der Waals surface area contributed by atoms with Crippen molar-refractivity contribution in [2.24, 2.45) is 0 Å². The molecule has 3 aromatic rings. The summed E-state index contributed by atoms with van der Waals surface area (Å²) in [5, 5.41) is 7.89. The van der Waals surface area contributed by atoms with Crippen LogP contribution in [0.5, 0.6) is 0 Å². The van der Waals surface area contributed by atoms with Gasteiger partial charge in [0.25, 0.3) is 0 Å². The number of para-hydroxylation sites is 1. The molecule has 0 saturated heterocycles. The normalized spacial score (nSPS) is 12.3. The van der Waals surface area contributed by atoms with Gasteiger partial charge in [-0.3, -0.25) is 0 Å². The topological polar surface area (TPSA) is 29.9 Å². The second kappa shape index (κ2) is 6.41. The lowest BCUT2D eigenvalue weighted by Gasteiger charge is -2.19. The molecule has 0 radical (unpaired) electrons. The molecule has 3 nitrogen and oxygen atoms in total. The van der Waals surface area contributed by atoms with E-state index in [1.807, 2.05) is 36.1 Å². The van der Waals surface area contributed by atoms with E-state index in [1.165, 1.54) is 9.13 Å². The maximum absolute atomic E-state index is 4.48. The molecule has 4 heteroatoms. The Kier molecular flexibility index (Phi) is 4.36. The molecule has 0 aliphatic rings. The van der Waals surface area contributed by atoms with Gasteiger partial charge in [0.15, 0.2) is 0 Å². The number of hydrogen-bond donors (Lipinski definition) is 1. The molecule has 0 bridgehead atoms. The van der Waals surface area contributed by atoms with Crippen LogP contribution in [0, 0.1) is 3.57 Å². The zero-order chi connectivity index (χ0) is 14.7. The first-order valence-electron chi connectivity index (χ1n) is 6.82. The fourth-order valence-corrected chi connectivity index (χ4v) is 3.19. The lowest BCUT2D eigenvalue weighted by molar-refractivity contribution is 0.635. The van der Waals surface area contributed by atoms with E-state index < -0.39 is 0 Å². The van der Waals surface area contributed by atoms with E-state index in [-0.39, 0.29) is 6.04 Å². The summed E-state index contributed by atoms with van der Waals surface area (Å²) >= 11 is 2.38. The minimum Gasteiger partial charge on any atom is -0.308 e. The smallest absolute Gasteiger partial charge is 0.0760 e. The molecule has 0 aliphatic heterocycles. The number of benzene rings is 2. The van der Waals surface area contributed by atoms with Crippen molar-refractivity contribution in [2.45, 2.75) is 6.04 Å². The first-order valence-corrected chi connectivity index (χ1v) is 7.90. The van der Waals surface area contributed by atoms with Gasteiger partial charge >= 0.3 is 0 Å². The summed E-state index contributed by atoms with van der Waals surface area (Å²) in [5.41, 5.74) is 3.47. The molecule has 0 aliphatic carbocycles. The van der Waals surface area contributed by atoms with Crippen LogP contribution in [0.4, 0.5) is 0 Å². The van der Waals surface area contributed by atoms with Crippen molar-refractivity contribution in [1.82, 2.24) is 15.1 Å². The summed E-state index contributed by atoms with van der Waals surface area (Å²) < 4.78 is 3.24. The van der Waals surface area contributed by atoms with Crippen molar-refractivity contribution >= 4 is 22.6 Å². The van der Waals surface area contributed by atoms with E-state index in [0.717, 1.165) is 11.4 Å². The Morgan fingerprint density at radius 3 is 2.43 bits per heavy atom. The van der Waals surface area contributed by atoms with E-state index >= 15 is 0 Å². The molecule has 3 rings (SSSR count). The number of rotatable bonds is 4. The van der Waals surface area contributed by atoms with E-state index in [9.17, 15) is 0 Å². The van der Waals surface area contributed by atoms with E-state index in [0.29, 0.717) is 0 Å². The number of halogens is 1. The van der Waals surface area contributed by atoms with E-state index in [1.54, 1.807) is 0 Å². The Morgan fingerprint density at radius 2 is 1.71 bits per heavy atom. The molecule has 0 spiro atoms. The van der Waals surface area contributed by atoms with E-state index in [4.69, 9.17) is 0 Å². The Labute approximate surface area is 138 Å². The van der Waals surface area contributed by atoms with Crippen LogP contribution in [-0.2, 0) is 0 Å². The van der Waals surface area contributed by atoms with Crippen LogP contribution in [0.15, 0.2) is 66.9 Å². The van der Waals surface area contributed by atoms with Crippen LogP contribution in [0.2, 0.25) is 0 Å². The van der Waals surface area contributed by atoms with Crippen LogP contribution in [-0.4, -0.2) is 16.8 Å². The first kappa shape index (κ1) is 14.3. The minimum atomic E-state index is 0.112. The van der Waals surface area contributed by atoms with Gasteiger partial charge in [0, 0.05) is 9.77 Å². The Hall–Kier alpha value is -1.66. The number of aromatic nitrogens is 2. The van der Waals surface area contributed by atoms with Crippen LogP contribution in [0.25, 0.3) is 5.69 Å². The van der Waals surface area contributed by atoms with Crippen LogP contribution >= 0.6 is 22.6 Å². The highest BCUT2D eigenvalue weighted by Crippen LogP contribution is 2.27. The van der Waals surface area contributed by atoms with Gasteiger partial charge in [0.2, 0.25) is 0 Å². The van der Waals surface area contributed by atoms with Gasteiger partial charge in [-0.25, -0.2) is 4.68 Å². The summed E-state index contributed by atoms with van der Waals surface area (Å²) in [6.45, 7) is 0. The molecule has 1 unspecified atom stereocenters. The lowest BCUT2D eigenvalue weighted by atomic mass is 10.0. The lowest BCUT2D eigenvalue weighted by Crippen LogP contribution is -2.22. The van der Waals surface area contributed by atoms with Crippen LogP contribution in [0.3, 0.4) is 0 Å². The predicted molar refractivity (Wildman–Crippen MR) is 93.6 cm³/mol. The van der Waals surface area contributed by atoms with Crippen LogP contribution in [0.1, 0.15) is 17.3 Å². The highest BCUT2D eigenvalue weighted by molar-refractivity contribution is 14.1. The first-order chi connectivity index (χ1) is 10.3. The molecular weight excluding hydrogens is 373 g/mol. The average molecular weight is 389 g/mol. The van der Waals surface area contributed by atoms with Crippen molar-refractivity contribution in [3.63, 3.8) is 0 Å². The molecule has 0 fully saturated rings. The van der Waals surface area contributed by atoms with Crippen LogP contribution < -0.4 is 5.32 Å². The van der Waals surface area contributed by atoms with Gasteiger partial charge in [-0.1, -0.05) is 36.4 Å². The average Bonchev–Trinajstić information content (AvgIpc) is 3.00. The quantitative estimate of drug-likeness (QED) is 0.689. The van der Waals surface area contributed by atoms with Crippen molar-refractivity contribution in [2.75, 3.05) is 7.05 Å². The van der Waals surface area contributed by atoms with Crippen molar-refractivity contribution in [3.8, 4) is 5.69 Å². The summed E-state index contributed by atoms with van der Waals surface area (Å²) in [6.07, 6.45) is 1.85. The number of hydrogen-bond acceptors (Lipinski definition) is 2. The molecule has 0 amide bonds. The third-order valence-corrected chi connectivity index (χ3v) is 4.46. The van der Waals surface area contributed by atoms with Gasteiger partial charge < -0.3 is 5.32 Å². The molecule has 0 saturated carbocycles. The molecule has 2 aromatic carbocycles. The Morgan fingerprint density at radius 1 is 1.00 bits per heavy atom. The van der Waals surface area contributed by atoms with E-state index in [2.05, 4.69) is 75.5 Å². The Balaban J connectivity index is 2.08. The maximum atomic E-state index is 4.48. The Bertz CT molecular complexity index is 722. The molecule has 1 aromatic heterocycles. The summed E-state index contributed by atoms with van der Waals surface area (Å²) in [4.78, 5) is 0. The highest BCUT2D eigenvalue weighted by Gasteiger charge is 2.19. The van der Waals surface area contributed by atoms with Gasteiger partial charge in [-0.2, -0.15) is 5.10 Å². The highest BCUT2D eigenvalue weighted by atomic mass is 127. The fraction of sp³-hybridized carbons (Fsp3) is 0.118. The van der Waals surface area contributed by atoms with Crippen molar-refractivity contribution in [1.29, 1.82) is 0 Å². The predicted octanol–water partition coefficient (Wildman–Crippen LogP) is 3.79. The van der Waals surface area contributed by atoms with Gasteiger partial charge in [-0.15, -0.1) is 0 Å². The summed E-state index contributed by atoms with van der Waals surface area (Å²) in [7, 11) is 1.98. The summed E-state index contributed by atoms with van der Waals surface area (Å²) in [5.74, 6) is 0. The second-order valence-electron chi connectivity index (χ2n) is 4.75. The number of nitrogens with zero attached hydrogens (tertiary/aromatic N) is 2. The fourth-order valence-electron chi connectivity index (χ4n) is 2.49. The largest absolute Gasteiger partial charge is 0.308 e. The van der Waals surface area contributed by atoms with Gasteiger partial charge in [0.1, 0.15) is 0 Å². The molecular formula is C17H16IN3. The third kappa shape index (κ3) is 2.87. The monoisotopic (exact) mass is 389 g/mol. The standard InChI is InChI=1S/C17H16IN3/c1-19-17(14-9-5-6-10-15(14)18)16-11-12-20-21(16)13-7-3-2-4-8-13/h2-12,17,19H,1H3. The summed E-state index contributed by atoms with van der Waals surface area (Å²) in [6, 6.07) is 20.8. The minimum absolute atomic E-state index is 0.112. The van der Waals surface area contributed by atoms with Gasteiger partial charge in [-0.05, 0) is 59.5 Å². The number of nitrogens with one attached hydrogen (secondary N) is 1. The molecule has 1 heterocycles. The van der Waals surface area contributed by atoms with Gasteiger partial charge in [0.05, 0.1) is 17.4 Å². The maximum Gasteiger partial charge on any atom is 0.0760 e. The van der Waals surface area contributed by atoms with Crippen molar-refractivity contribution < 1.29 is 0 Å². The zero-order valence-corrected chi connectivity index (χ0v) is 13.9. The molecule has 1 N–H and O–H groups in total. The third-order valence-electron chi connectivity index (χ3n) is 3.47. The van der Waals surface area contributed by atoms with Crippen molar-refractivity contribution in [3.05, 3.63) is 81.7 Å². The molecule has 106 valence electrons. The zero-order valence-electron chi connectivity index (χ0n) is 11.7. The molecule has 21 heavy (non-hydrogen) atoms. The second-order valence-corrected chi connectivity index (χ2v) is 5.91. The SMILES string of the molecule is CNC(c1ccccc1I)c1ccnn1-c1ccccc1. The molecule has 1 atom stereocenters.